The van der Waals surface area contributed by atoms with Crippen molar-refractivity contribution in [1.82, 2.24) is 14.4 Å². The second-order valence-electron chi connectivity index (χ2n) is 7.61. The molecule has 1 saturated heterocycles. The summed E-state index contributed by atoms with van der Waals surface area (Å²) in [6.07, 6.45) is -10.2. The van der Waals surface area contributed by atoms with Gasteiger partial charge in [-0.2, -0.15) is 26.3 Å². The Balaban J connectivity index is 1.87. The van der Waals surface area contributed by atoms with Gasteiger partial charge in [0.15, 0.2) is 29.1 Å². The molecule has 1 aromatic carbocycles. The van der Waals surface area contributed by atoms with Crippen molar-refractivity contribution in [3.05, 3.63) is 47.4 Å². The number of aromatic nitrogens is 3. The number of fused-ring (bicyclic) bond motifs is 1. The third-order valence-corrected chi connectivity index (χ3v) is 5.42. The van der Waals surface area contributed by atoms with Gasteiger partial charge < -0.3 is 20.3 Å². The second-order valence-corrected chi connectivity index (χ2v) is 7.61. The number of anilines is 1. The largest absolute Gasteiger partial charge is 0.434 e. The molecule has 1 unspecified atom stereocenters. The molecule has 1 fully saturated rings. The van der Waals surface area contributed by atoms with Crippen molar-refractivity contribution in [2.24, 2.45) is 0 Å². The molecule has 178 valence electrons. The molecule has 13 heteroatoms. The Morgan fingerprint density at radius 3 is 2.42 bits per heavy atom. The van der Waals surface area contributed by atoms with Crippen molar-refractivity contribution in [2.75, 3.05) is 18.9 Å². The Kier molecular flexibility index (Phi) is 5.53. The van der Waals surface area contributed by atoms with Gasteiger partial charge in [-0.3, -0.25) is 4.40 Å². The molecular weight excluding hydrogens is 458 g/mol. The Labute approximate surface area is 182 Å². The van der Waals surface area contributed by atoms with Gasteiger partial charge in [-0.05, 0) is 24.1 Å². The minimum absolute atomic E-state index is 0.0434. The molecule has 2 aromatic heterocycles. The van der Waals surface area contributed by atoms with Gasteiger partial charge in [0.05, 0.1) is 25.1 Å². The van der Waals surface area contributed by atoms with Crippen LogP contribution in [0.5, 0.6) is 0 Å². The predicted molar refractivity (Wildman–Crippen MR) is 103 cm³/mol. The van der Waals surface area contributed by atoms with Crippen LogP contribution in [-0.4, -0.2) is 45.2 Å². The van der Waals surface area contributed by atoms with Crippen LogP contribution >= 0.6 is 0 Å². The van der Waals surface area contributed by atoms with Gasteiger partial charge in [0.25, 0.3) is 0 Å². The van der Waals surface area contributed by atoms with E-state index in [4.69, 9.17) is 15.2 Å². The third kappa shape index (κ3) is 4.11. The second kappa shape index (κ2) is 7.85. The maximum Gasteiger partial charge on any atom is 0.434 e. The molecule has 33 heavy (non-hydrogen) atoms. The number of imidazole rings is 1. The number of nitrogens with zero attached hydrogens (tertiary/aromatic N) is 3. The summed E-state index contributed by atoms with van der Waals surface area (Å²) in [6, 6.07) is 3.49. The molecule has 3 aromatic rings. The lowest BCUT2D eigenvalue weighted by Crippen LogP contribution is -2.45. The van der Waals surface area contributed by atoms with Crippen molar-refractivity contribution in [1.29, 1.82) is 0 Å². The Morgan fingerprint density at radius 2 is 1.82 bits per heavy atom. The zero-order valence-corrected chi connectivity index (χ0v) is 17.0. The van der Waals surface area contributed by atoms with Crippen molar-refractivity contribution in [2.45, 2.75) is 37.6 Å². The maximum atomic E-state index is 14.0. The van der Waals surface area contributed by atoms with Crippen LogP contribution in [0.4, 0.5) is 32.2 Å². The molecule has 0 bridgehead atoms. The number of aliphatic hydroxyl groups is 1. The smallest absolute Gasteiger partial charge is 0.381 e. The van der Waals surface area contributed by atoms with Crippen molar-refractivity contribution in [3.63, 3.8) is 0 Å². The summed E-state index contributed by atoms with van der Waals surface area (Å²) < 4.78 is 92.8. The Bertz CT molecular complexity index is 1190. The number of benzene rings is 1. The summed E-state index contributed by atoms with van der Waals surface area (Å²) in [6.45, 7) is 1.75. The van der Waals surface area contributed by atoms with Crippen LogP contribution in [-0.2, 0) is 21.3 Å². The SMILES string of the molecule is Cc1ccc(C(O)(CC2OCCO2)C(F)(F)F)cc1-c1cnc2c(N)nc(C(F)(F)F)cn12. The van der Waals surface area contributed by atoms with E-state index in [0.717, 1.165) is 16.5 Å². The first-order valence-corrected chi connectivity index (χ1v) is 9.66. The third-order valence-electron chi connectivity index (χ3n) is 5.42. The molecule has 0 radical (unpaired) electrons. The summed E-state index contributed by atoms with van der Waals surface area (Å²) in [7, 11) is 0. The van der Waals surface area contributed by atoms with Crippen LogP contribution in [0.15, 0.2) is 30.6 Å². The Morgan fingerprint density at radius 1 is 1.15 bits per heavy atom. The quantitative estimate of drug-likeness (QED) is 0.556. The van der Waals surface area contributed by atoms with E-state index in [1.165, 1.54) is 12.3 Å². The standard InChI is InChI=1S/C20H18F6N4O3/c1-10-2-3-11(18(31,20(24,25)26)7-15-32-4-5-33-15)6-12(10)13-8-28-17-16(27)29-14(9-30(13)17)19(21,22)23/h2-3,6,8-9,15,31H,4-5,7H2,1H3,(H2,27,29). The van der Waals surface area contributed by atoms with Gasteiger partial charge in [-0.15, -0.1) is 0 Å². The molecule has 0 amide bonds. The molecule has 3 N–H and O–H groups in total. The van der Waals surface area contributed by atoms with Crippen LogP contribution in [0, 0.1) is 6.92 Å². The average molecular weight is 476 g/mol. The molecule has 0 spiro atoms. The maximum absolute atomic E-state index is 14.0. The first-order chi connectivity index (χ1) is 15.3. The van der Waals surface area contributed by atoms with Crippen molar-refractivity contribution >= 4 is 11.5 Å². The van der Waals surface area contributed by atoms with Gasteiger partial charge in [0.1, 0.15) is 0 Å². The summed E-state index contributed by atoms with van der Waals surface area (Å²) in [5.74, 6) is -0.493. The van der Waals surface area contributed by atoms with Crippen molar-refractivity contribution in [3.8, 4) is 11.3 Å². The highest BCUT2D eigenvalue weighted by Crippen LogP contribution is 2.45. The van der Waals surface area contributed by atoms with Crippen LogP contribution in [0.2, 0.25) is 0 Å². The molecule has 0 aliphatic carbocycles. The van der Waals surface area contributed by atoms with E-state index in [2.05, 4.69) is 9.97 Å². The number of hydrogen-bond acceptors (Lipinski definition) is 6. The zero-order valence-electron chi connectivity index (χ0n) is 17.0. The molecule has 3 heterocycles. The first kappa shape index (κ1) is 23.3. The van der Waals surface area contributed by atoms with E-state index in [9.17, 15) is 31.4 Å². The van der Waals surface area contributed by atoms with E-state index in [0.29, 0.717) is 11.8 Å². The van der Waals surface area contributed by atoms with E-state index >= 15 is 0 Å². The number of nitrogen functional groups attached to an aromatic ring is 1. The van der Waals surface area contributed by atoms with E-state index < -0.39 is 47.7 Å². The van der Waals surface area contributed by atoms with E-state index in [-0.39, 0.29) is 30.1 Å². The number of alkyl halides is 6. The van der Waals surface area contributed by atoms with E-state index in [1.54, 1.807) is 6.92 Å². The highest BCUT2D eigenvalue weighted by atomic mass is 19.4. The summed E-state index contributed by atoms with van der Waals surface area (Å²) in [5, 5.41) is 10.7. The summed E-state index contributed by atoms with van der Waals surface area (Å²) >= 11 is 0. The normalized spacial score (nSPS) is 17.6. The summed E-state index contributed by atoms with van der Waals surface area (Å²) in [4.78, 5) is 7.27. The minimum atomic E-state index is -5.09. The van der Waals surface area contributed by atoms with Gasteiger partial charge in [-0.25, -0.2) is 9.97 Å². The van der Waals surface area contributed by atoms with E-state index in [1.807, 2.05) is 0 Å². The topological polar surface area (TPSA) is 94.9 Å². The van der Waals surface area contributed by atoms with Gasteiger partial charge in [-0.1, -0.05) is 12.1 Å². The lowest BCUT2D eigenvalue weighted by atomic mass is 9.87. The minimum Gasteiger partial charge on any atom is -0.381 e. The molecule has 0 saturated carbocycles. The van der Waals surface area contributed by atoms with Gasteiger partial charge in [0.2, 0.25) is 0 Å². The average Bonchev–Trinajstić information content (AvgIpc) is 3.36. The molecule has 1 aliphatic rings. The number of hydrogen-bond donors (Lipinski definition) is 2. The lowest BCUT2D eigenvalue weighted by molar-refractivity contribution is -0.284. The van der Waals surface area contributed by atoms with Crippen LogP contribution in [0.3, 0.4) is 0 Å². The van der Waals surface area contributed by atoms with Crippen LogP contribution in [0.1, 0.15) is 23.2 Å². The summed E-state index contributed by atoms with van der Waals surface area (Å²) in [5.41, 5.74) is 0.975. The predicted octanol–water partition coefficient (Wildman–Crippen LogP) is 3.82. The highest BCUT2D eigenvalue weighted by molar-refractivity contribution is 5.72. The lowest BCUT2D eigenvalue weighted by Gasteiger charge is -2.33. The molecular formula is C20H18F6N4O3. The molecule has 1 atom stereocenters. The number of ether oxygens (including phenoxy) is 2. The van der Waals surface area contributed by atoms with Crippen LogP contribution < -0.4 is 5.73 Å². The van der Waals surface area contributed by atoms with Crippen LogP contribution in [0.25, 0.3) is 16.9 Å². The zero-order chi connectivity index (χ0) is 24.2. The first-order valence-electron chi connectivity index (χ1n) is 9.66. The molecule has 7 nitrogen and oxygen atoms in total. The number of rotatable bonds is 4. The number of halogens is 6. The highest BCUT2D eigenvalue weighted by Gasteiger charge is 2.56. The van der Waals surface area contributed by atoms with Gasteiger partial charge in [0, 0.05) is 18.2 Å². The fourth-order valence-corrected chi connectivity index (χ4v) is 3.67. The number of aryl methyl sites for hydroxylation is 1. The van der Waals surface area contributed by atoms with Gasteiger partial charge >= 0.3 is 12.4 Å². The molecule has 1 aliphatic heterocycles. The van der Waals surface area contributed by atoms with Crippen molar-refractivity contribution < 1.29 is 40.9 Å². The Hall–Kier alpha value is -2.90. The number of nitrogens with two attached hydrogens (primary N) is 1. The fraction of sp³-hybridized carbons (Fsp3) is 0.400. The fourth-order valence-electron chi connectivity index (χ4n) is 3.67. The molecule has 4 rings (SSSR count). The monoisotopic (exact) mass is 476 g/mol.